The molecule has 1 aliphatic heterocycles. The number of benzene rings is 1. The lowest BCUT2D eigenvalue weighted by molar-refractivity contribution is -0.139. The Bertz CT molecular complexity index is 1600. The van der Waals surface area contributed by atoms with E-state index in [-0.39, 0.29) is 47.8 Å². The van der Waals surface area contributed by atoms with Crippen molar-refractivity contribution in [2.45, 2.75) is 107 Å². The van der Waals surface area contributed by atoms with Gasteiger partial charge in [-0.1, -0.05) is 25.8 Å². The third kappa shape index (κ3) is 10.0. The van der Waals surface area contributed by atoms with Crippen LogP contribution in [0.1, 0.15) is 83.2 Å². The number of carbonyl (C=O) groups is 4. The van der Waals surface area contributed by atoms with Gasteiger partial charge in [0, 0.05) is 23.8 Å². The first kappa shape index (κ1) is 37.2. The van der Waals surface area contributed by atoms with Gasteiger partial charge in [-0.15, -0.1) is 6.58 Å². The largest absolute Gasteiger partial charge is 0.497 e. The lowest BCUT2D eigenvalue weighted by Crippen LogP contribution is -2.55. The van der Waals surface area contributed by atoms with Gasteiger partial charge in [0.25, 0.3) is 11.5 Å². The molecule has 13 nitrogen and oxygen atoms in total. The number of carbonyl (C=O) groups excluding carboxylic acids is 4. The third-order valence-electron chi connectivity index (χ3n) is 9.89. The van der Waals surface area contributed by atoms with Crippen LogP contribution in [0, 0.1) is 11.8 Å². The molecule has 1 aromatic heterocycles. The van der Waals surface area contributed by atoms with Gasteiger partial charge in [0.15, 0.2) is 0 Å². The average Bonchev–Trinajstić information content (AvgIpc) is 3.63. The number of aryl methyl sites for hydroxylation is 1. The number of likely N-dealkylation sites (tertiary alicyclic amines) is 1. The number of ether oxygens (including phenoxy) is 2. The molecule has 4 amide bonds. The van der Waals surface area contributed by atoms with Gasteiger partial charge < -0.3 is 30.0 Å². The van der Waals surface area contributed by atoms with Crippen molar-refractivity contribution in [1.29, 1.82) is 0 Å². The van der Waals surface area contributed by atoms with Crippen molar-refractivity contribution < 1.29 is 28.7 Å². The number of fused-ring (bicyclic) bond motifs is 1. The van der Waals surface area contributed by atoms with Crippen LogP contribution >= 0.6 is 11.9 Å². The minimum atomic E-state index is -0.798. The molecule has 2 aliphatic carbocycles. The normalized spacial score (nSPS) is 21.3. The van der Waals surface area contributed by atoms with Crippen molar-refractivity contribution in [3.8, 4) is 5.75 Å². The fraction of sp³-hybridized carbons (Fsp3) is 0.611. The molecule has 3 fully saturated rings. The molecule has 2 saturated carbocycles. The van der Waals surface area contributed by atoms with Crippen LogP contribution in [0.2, 0.25) is 0 Å². The number of nitrogens with zero attached hydrogens (tertiary/aromatic N) is 2. The molecule has 0 spiro atoms. The van der Waals surface area contributed by atoms with E-state index in [1.54, 1.807) is 19.3 Å². The van der Waals surface area contributed by atoms with Gasteiger partial charge in [-0.2, -0.15) is 0 Å². The second-order valence-electron chi connectivity index (χ2n) is 13.6. The maximum Gasteiger partial charge on any atom is 0.407 e. The van der Waals surface area contributed by atoms with Crippen LogP contribution in [-0.2, 0) is 25.5 Å². The molecule has 1 aromatic carbocycles. The molecular weight excluding hydrogens is 660 g/mol. The van der Waals surface area contributed by atoms with E-state index in [1.807, 2.05) is 19.1 Å². The Balaban J connectivity index is 1.02. The SMILES string of the molecule is C=C[C@H](C)C(NC(=O)C1CCCN1C(=O)CNC(=O)O[C@@H]1CCCC1CCCCCc1nc2ccc(OC)cc2[nH]c1=O)C(=O)NSC1CC1. The summed E-state index contributed by atoms with van der Waals surface area (Å²) in [6.07, 6.45) is 10.9. The molecule has 3 aliphatic rings. The summed E-state index contributed by atoms with van der Waals surface area (Å²) in [5.41, 5.74) is 1.71. The Hall–Kier alpha value is -4.07. The maximum atomic E-state index is 13.3. The van der Waals surface area contributed by atoms with Gasteiger partial charge in [-0.3, -0.25) is 23.9 Å². The van der Waals surface area contributed by atoms with Crippen LogP contribution in [-0.4, -0.2) is 82.3 Å². The standard InChI is InChI=1S/C36H50N6O7S/c1-4-22(2)32(35(46)41-50-25-16-17-25)40-34(45)29-13-9-19-42(29)31(43)21-37-36(47)49-30-14-8-11-23(30)10-6-5-7-12-27-33(44)39-28-20-24(48-3)15-18-26(28)38-27/h4,15,18,20,22-23,25,29-30,32H,1,5-14,16-17,19,21H2,2-3H3,(H,37,47)(H,39,44)(H,40,45)(H,41,46)/t22-,23?,29?,30+,32?/m0/s1. The van der Waals surface area contributed by atoms with Crippen LogP contribution in [0.5, 0.6) is 5.75 Å². The quantitative estimate of drug-likeness (QED) is 0.107. The highest BCUT2D eigenvalue weighted by Crippen LogP contribution is 2.33. The number of hydrogen-bond acceptors (Lipinski definition) is 9. The van der Waals surface area contributed by atoms with Gasteiger partial charge in [-0.25, -0.2) is 9.78 Å². The smallest absolute Gasteiger partial charge is 0.407 e. The fourth-order valence-electron chi connectivity index (χ4n) is 6.74. The summed E-state index contributed by atoms with van der Waals surface area (Å²) < 4.78 is 13.8. The van der Waals surface area contributed by atoms with Crippen molar-refractivity contribution in [3.63, 3.8) is 0 Å². The van der Waals surface area contributed by atoms with E-state index in [4.69, 9.17) is 9.47 Å². The fourth-order valence-corrected chi connectivity index (χ4v) is 7.52. The Morgan fingerprint density at radius 3 is 2.70 bits per heavy atom. The van der Waals surface area contributed by atoms with Gasteiger partial charge >= 0.3 is 6.09 Å². The molecule has 14 heteroatoms. The highest BCUT2D eigenvalue weighted by molar-refractivity contribution is 7.98. The van der Waals surface area contributed by atoms with E-state index < -0.39 is 18.2 Å². The van der Waals surface area contributed by atoms with E-state index in [9.17, 15) is 24.0 Å². The van der Waals surface area contributed by atoms with Crippen molar-refractivity contribution in [2.75, 3.05) is 20.2 Å². The first-order chi connectivity index (χ1) is 24.2. The number of H-pyrrole nitrogens is 1. The summed E-state index contributed by atoms with van der Waals surface area (Å²) in [5.74, 6) is -0.446. The molecule has 0 bridgehead atoms. The van der Waals surface area contributed by atoms with Gasteiger partial charge in [0.1, 0.15) is 36.2 Å². The zero-order valence-corrected chi connectivity index (χ0v) is 29.9. The topological polar surface area (TPSA) is 172 Å². The number of aromatic amines is 1. The molecule has 4 N–H and O–H groups in total. The summed E-state index contributed by atoms with van der Waals surface area (Å²) in [4.78, 5) is 73.4. The molecule has 2 aromatic rings. The summed E-state index contributed by atoms with van der Waals surface area (Å²) in [5, 5.41) is 5.85. The van der Waals surface area contributed by atoms with Crippen LogP contribution in [0.25, 0.3) is 11.0 Å². The Labute approximate surface area is 297 Å². The number of aromatic nitrogens is 2. The van der Waals surface area contributed by atoms with E-state index in [0.717, 1.165) is 63.3 Å². The van der Waals surface area contributed by atoms with Crippen LogP contribution in [0.4, 0.5) is 4.79 Å². The predicted molar refractivity (Wildman–Crippen MR) is 191 cm³/mol. The van der Waals surface area contributed by atoms with E-state index >= 15 is 0 Å². The number of unbranched alkanes of at least 4 members (excludes halogenated alkanes) is 2. The average molecular weight is 711 g/mol. The van der Waals surface area contributed by atoms with Crippen LogP contribution < -0.4 is 25.7 Å². The predicted octanol–water partition coefficient (Wildman–Crippen LogP) is 4.15. The van der Waals surface area contributed by atoms with E-state index in [2.05, 4.69) is 31.9 Å². The van der Waals surface area contributed by atoms with Crippen molar-refractivity contribution >= 4 is 46.8 Å². The maximum absolute atomic E-state index is 13.3. The number of nitrogens with one attached hydrogen (secondary N) is 4. The molecule has 272 valence electrons. The summed E-state index contributed by atoms with van der Waals surface area (Å²) in [6, 6.07) is 3.90. The summed E-state index contributed by atoms with van der Waals surface area (Å²) in [6.45, 7) is 5.71. The molecule has 5 atom stereocenters. The molecule has 1 saturated heterocycles. The zero-order chi connectivity index (χ0) is 35.6. The molecule has 0 radical (unpaired) electrons. The van der Waals surface area contributed by atoms with Gasteiger partial charge in [0.05, 0.1) is 18.1 Å². The zero-order valence-electron chi connectivity index (χ0n) is 29.0. The summed E-state index contributed by atoms with van der Waals surface area (Å²) in [7, 11) is 1.58. The van der Waals surface area contributed by atoms with Crippen LogP contribution in [0.3, 0.4) is 0 Å². The molecule has 5 rings (SSSR count). The highest BCUT2D eigenvalue weighted by atomic mass is 32.2. The third-order valence-corrected chi connectivity index (χ3v) is 11.0. The number of rotatable bonds is 17. The summed E-state index contributed by atoms with van der Waals surface area (Å²) >= 11 is 1.38. The van der Waals surface area contributed by atoms with Crippen molar-refractivity contribution in [2.24, 2.45) is 11.8 Å². The van der Waals surface area contributed by atoms with E-state index in [1.165, 1.54) is 16.8 Å². The Morgan fingerprint density at radius 1 is 1.12 bits per heavy atom. The minimum Gasteiger partial charge on any atom is -0.497 e. The Kier molecular flexibility index (Phi) is 13.2. The molecule has 50 heavy (non-hydrogen) atoms. The van der Waals surface area contributed by atoms with E-state index in [0.29, 0.717) is 48.0 Å². The first-order valence-corrected chi connectivity index (χ1v) is 18.7. The lowest BCUT2D eigenvalue weighted by atomic mass is 9.97. The second kappa shape index (κ2) is 17.7. The van der Waals surface area contributed by atoms with Gasteiger partial charge in [0.2, 0.25) is 11.8 Å². The molecular formula is C36H50N6O7S. The van der Waals surface area contributed by atoms with Crippen molar-refractivity contribution in [3.05, 3.63) is 46.9 Å². The number of amides is 4. The lowest BCUT2D eigenvalue weighted by Gasteiger charge is -2.28. The minimum absolute atomic E-state index is 0.183. The van der Waals surface area contributed by atoms with Crippen molar-refractivity contribution in [1.82, 2.24) is 30.2 Å². The molecule has 3 unspecified atom stereocenters. The Morgan fingerprint density at radius 2 is 1.94 bits per heavy atom. The number of methoxy groups -OCH3 is 1. The first-order valence-electron chi connectivity index (χ1n) is 17.9. The van der Waals surface area contributed by atoms with Gasteiger partial charge in [-0.05, 0) is 94.2 Å². The monoisotopic (exact) mass is 710 g/mol. The molecule has 2 heterocycles. The van der Waals surface area contributed by atoms with Crippen LogP contribution in [0.15, 0.2) is 35.6 Å². The number of hydrogen-bond donors (Lipinski definition) is 4. The number of alkyl carbamates (subject to hydrolysis) is 1. The second-order valence-corrected chi connectivity index (χ2v) is 14.7. The highest BCUT2D eigenvalue weighted by Gasteiger charge is 2.37.